The van der Waals surface area contributed by atoms with E-state index in [1.54, 1.807) is 18.2 Å². The predicted molar refractivity (Wildman–Crippen MR) is 87.4 cm³/mol. The van der Waals surface area contributed by atoms with Crippen molar-refractivity contribution in [2.45, 2.75) is 13.8 Å². The summed E-state index contributed by atoms with van der Waals surface area (Å²) in [6, 6.07) is 4.96. The van der Waals surface area contributed by atoms with Crippen LogP contribution in [0.4, 0.5) is 11.4 Å². The molecule has 128 valence electrons. The van der Waals surface area contributed by atoms with Gasteiger partial charge in [0.05, 0.1) is 31.1 Å². The minimum atomic E-state index is -0.537. The number of hydrogen-bond acceptors (Lipinski definition) is 6. The standard InChI is InChI=1S/C16H19N3O5/c1-3-24-11-4-5-12(17-10(2)21)13(8-11)18-14-9-15(22)19(6-7-20)16(14)23/h4-5,8-9,18,20H,3,6-7H2,1-2H3,(H,17,21). The van der Waals surface area contributed by atoms with Crippen molar-refractivity contribution in [1.82, 2.24) is 4.90 Å². The lowest BCUT2D eigenvalue weighted by molar-refractivity contribution is -0.137. The molecule has 24 heavy (non-hydrogen) atoms. The summed E-state index contributed by atoms with van der Waals surface area (Å²) in [6.45, 7) is 3.28. The molecule has 2 rings (SSSR count). The summed E-state index contributed by atoms with van der Waals surface area (Å²) in [7, 11) is 0. The molecule has 0 atom stereocenters. The lowest BCUT2D eigenvalue weighted by Crippen LogP contribution is -2.34. The molecule has 0 radical (unpaired) electrons. The van der Waals surface area contributed by atoms with Crippen LogP contribution in [-0.4, -0.2) is 47.5 Å². The quantitative estimate of drug-likeness (QED) is 0.634. The summed E-state index contributed by atoms with van der Waals surface area (Å²) in [5.74, 6) is -0.756. The highest BCUT2D eigenvalue weighted by Gasteiger charge is 2.31. The summed E-state index contributed by atoms with van der Waals surface area (Å²) in [6.07, 6.45) is 1.16. The topological polar surface area (TPSA) is 108 Å². The molecular weight excluding hydrogens is 314 g/mol. The van der Waals surface area contributed by atoms with Crippen LogP contribution in [-0.2, 0) is 14.4 Å². The SMILES string of the molecule is CCOc1ccc(NC(C)=O)c(NC2=CC(=O)N(CCO)C2=O)c1. The van der Waals surface area contributed by atoms with Gasteiger partial charge in [-0.25, -0.2) is 0 Å². The van der Waals surface area contributed by atoms with Crippen LogP contribution in [0.1, 0.15) is 13.8 Å². The highest BCUT2D eigenvalue weighted by Crippen LogP contribution is 2.29. The third-order valence-corrected chi connectivity index (χ3v) is 3.22. The van der Waals surface area contributed by atoms with Crippen LogP contribution in [0.15, 0.2) is 30.0 Å². The Labute approximate surface area is 139 Å². The van der Waals surface area contributed by atoms with Gasteiger partial charge in [-0.2, -0.15) is 0 Å². The molecule has 1 aromatic rings. The molecule has 0 saturated carbocycles. The summed E-state index contributed by atoms with van der Waals surface area (Å²) in [4.78, 5) is 36.3. The molecule has 0 unspecified atom stereocenters. The van der Waals surface area contributed by atoms with Crippen LogP contribution < -0.4 is 15.4 Å². The maximum Gasteiger partial charge on any atom is 0.277 e. The Morgan fingerprint density at radius 3 is 2.67 bits per heavy atom. The number of anilines is 2. The molecule has 1 aliphatic rings. The Hall–Kier alpha value is -2.87. The number of aliphatic hydroxyl groups is 1. The van der Waals surface area contributed by atoms with E-state index < -0.39 is 11.8 Å². The van der Waals surface area contributed by atoms with Crippen molar-refractivity contribution >= 4 is 29.1 Å². The number of nitrogens with zero attached hydrogens (tertiary/aromatic N) is 1. The second kappa shape index (κ2) is 7.60. The highest BCUT2D eigenvalue weighted by atomic mass is 16.5. The van der Waals surface area contributed by atoms with Crippen LogP contribution >= 0.6 is 0 Å². The number of carbonyl (C=O) groups is 3. The second-order valence-corrected chi connectivity index (χ2v) is 5.02. The van der Waals surface area contributed by atoms with E-state index in [2.05, 4.69) is 10.6 Å². The normalized spacial score (nSPS) is 13.8. The van der Waals surface area contributed by atoms with Gasteiger partial charge in [-0.05, 0) is 19.1 Å². The van der Waals surface area contributed by atoms with Gasteiger partial charge in [-0.3, -0.25) is 19.3 Å². The summed E-state index contributed by atoms with van der Waals surface area (Å²) >= 11 is 0. The Morgan fingerprint density at radius 2 is 2.04 bits per heavy atom. The van der Waals surface area contributed by atoms with Gasteiger partial charge in [0, 0.05) is 19.1 Å². The molecule has 3 amide bonds. The van der Waals surface area contributed by atoms with E-state index >= 15 is 0 Å². The average Bonchev–Trinajstić information content (AvgIpc) is 2.78. The molecule has 3 N–H and O–H groups in total. The number of rotatable bonds is 7. The number of imide groups is 1. The van der Waals surface area contributed by atoms with Crippen molar-refractivity contribution in [3.63, 3.8) is 0 Å². The minimum Gasteiger partial charge on any atom is -0.494 e. The summed E-state index contributed by atoms with van der Waals surface area (Å²) in [5.41, 5.74) is 0.941. The number of β-amino-alcohol motifs (C(OH)–C–C–N with tert-alkyl or cyclic N) is 1. The first-order valence-corrected chi connectivity index (χ1v) is 7.46. The Bertz CT molecular complexity index is 699. The fourth-order valence-corrected chi connectivity index (χ4v) is 2.24. The first kappa shape index (κ1) is 17.5. The van der Waals surface area contributed by atoms with Gasteiger partial charge >= 0.3 is 0 Å². The fourth-order valence-electron chi connectivity index (χ4n) is 2.24. The van der Waals surface area contributed by atoms with Gasteiger partial charge in [-0.15, -0.1) is 0 Å². The van der Waals surface area contributed by atoms with Gasteiger partial charge in [0.2, 0.25) is 5.91 Å². The second-order valence-electron chi connectivity index (χ2n) is 5.02. The molecule has 0 spiro atoms. The van der Waals surface area contributed by atoms with Crippen molar-refractivity contribution in [1.29, 1.82) is 0 Å². The lowest BCUT2D eigenvalue weighted by Gasteiger charge is -2.16. The first-order valence-electron chi connectivity index (χ1n) is 7.46. The van der Waals surface area contributed by atoms with E-state index in [0.717, 1.165) is 11.0 Å². The van der Waals surface area contributed by atoms with Crippen molar-refractivity contribution in [2.24, 2.45) is 0 Å². The van der Waals surface area contributed by atoms with Crippen molar-refractivity contribution in [3.8, 4) is 5.75 Å². The maximum absolute atomic E-state index is 12.2. The number of aliphatic hydroxyl groups excluding tert-OH is 1. The average molecular weight is 333 g/mol. The molecule has 8 heteroatoms. The molecule has 1 aromatic carbocycles. The molecule has 1 heterocycles. The predicted octanol–water partition coefficient (Wildman–Crippen LogP) is 0.701. The Kier molecular flexibility index (Phi) is 5.54. The van der Waals surface area contributed by atoms with Gasteiger partial charge in [0.1, 0.15) is 11.4 Å². The number of amides is 3. The molecule has 8 nitrogen and oxygen atoms in total. The van der Waals surface area contributed by atoms with Crippen LogP contribution in [0.2, 0.25) is 0 Å². The van der Waals surface area contributed by atoms with E-state index in [9.17, 15) is 14.4 Å². The molecule has 0 bridgehead atoms. The highest BCUT2D eigenvalue weighted by molar-refractivity contribution is 6.17. The molecule has 1 aliphatic heterocycles. The monoisotopic (exact) mass is 333 g/mol. The lowest BCUT2D eigenvalue weighted by atomic mass is 10.2. The van der Waals surface area contributed by atoms with E-state index in [4.69, 9.17) is 9.84 Å². The first-order chi connectivity index (χ1) is 11.5. The number of nitrogens with one attached hydrogen (secondary N) is 2. The summed E-state index contributed by atoms with van der Waals surface area (Å²) < 4.78 is 5.41. The van der Waals surface area contributed by atoms with Gasteiger partial charge in [0.15, 0.2) is 0 Å². The molecule has 0 saturated heterocycles. The van der Waals surface area contributed by atoms with Gasteiger partial charge < -0.3 is 20.5 Å². The zero-order chi connectivity index (χ0) is 17.7. The minimum absolute atomic E-state index is 0.0636. The summed E-state index contributed by atoms with van der Waals surface area (Å²) in [5, 5.41) is 14.4. The number of benzene rings is 1. The van der Waals surface area contributed by atoms with Crippen molar-refractivity contribution < 1.29 is 24.2 Å². The van der Waals surface area contributed by atoms with Crippen molar-refractivity contribution in [2.75, 3.05) is 30.4 Å². The number of hydrogen-bond donors (Lipinski definition) is 3. The van der Waals surface area contributed by atoms with Crippen LogP contribution in [0.25, 0.3) is 0 Å². The smallest absolute Gasteiger partial charge is 0.277 e. The van der Waals surface area contributed by atoms with E-state index in [1.165, 1.54) is 6.92 Å². The van der Waals surface area contributed by atoms with Crippen LogP contribution in [0.5, 0.6) is 5.75 Å². The van der Waals surface area contributed by atoms with E-state index in [-0.39, 0.29) is 24.8 Å². The van der Waals surface area contributed by atoms with Crippen LogP contribution in [0.3, 0.4) is 0 Å². The molecule has 0 aliphatic carbocycles. The molecule has 0 fully saturated rings. The largest absolute Gasteiger partial charge is 0.494 e. The van der Waals surface area contributed by atoms with E-state index in [1.807, 2.05) is 6.92 Å². The maximum atomic E-state index is 12.2. The van der Waals surface area contributed by atoms with Crippen molar-refractivity contribution in [3.05, 3.63) is 30.0 Å². The van der Waals surface area contributed by atoms with Gasteiger partial charge in [0.25, 0.3) is 11.8 Å². The van der Waals surface area contributed by atoms with E-state index in [0.29, 0.717) is 23.7 Å². The van der Waals surface area contributed by atoms with Crippen LogP contribution in [0, 0.1) is 0 Å². The number of ether oxygens (including phenoxy) is 1. The Morgan fingerprint density at radius 1 is 1.29 bits per heavy atom. The van der Waals surface area contributed by atoms with Gasteiger partial charge in [-0.1, -0.05) is 0 Å². The fraction of sp³-hybridized carbons (Fsp3) is 0.312. The molecule has 0 aromatic heterocycles. The third kappa shape index (κ3) is 3.90. The zero-order valence-electron chi connectivity index (χ0n) is 13.5. The molecular formula is C16H19N3O5. The number of carbonyl (C=O) groups excluding carboxylic acids is 3. The zero-order valence-corrected chi connectivity index (χ0v) is 13.5. The third-order valence-electron chi connectivity index (χ3n) is 3.22. The Balaban J connectivity index is 2.28.